The summed E-state index contributed by atoms with van der Waals surface area (Å²) in [4.78, 5) is 42.3. The summed E-state index contributed by atoms with van der Waals surface area (Å²) in [5.74, 6) is -0.746. The molecule has 1 saturated heterocycles. The van der Waals surface area contributed by atoms with Gasteiger partial charge in [0.25, 0.3) is 5.91 Å². The van der Waals surface area contributed by atoms with E-state index in [1.165, 1.54) is 4.90 Å². The number of rotatable bonds is 9. The third-order valence-electron chi connectivity index (χ3n) is 5.90. The van der Waals surface area contributed by atoms with Crippen molar-refractivity contribution in [1.29, 1.82) is 0 Å². The second-order valence-electron chi connectivity index (χ2n) is 8.53. The van der Waals surface area contributed by atoms with Crippen LogP contribution in [0.25, 0.3) is 0 Å². The fraction of sp³-hybridized carbons (Fsp3) is 0.800. The normalized spacial score (nSPS) is 20.8. The van der Waals surface area contributed by atoms with Gasteiger partial charge in [0.2, 0.25) is 5.91 Å². The number of hydrogen-bond acceptors (Lipinski definition) is 7. The minimum absolute atomic E-state index is 0.0102. The summed E-state index contributed by atoms with van der Waals surface area (Å²) in [6, 6.07) is -1.29. The number of aliphatic hydroxyl groups is 1. The van der Waals surface area contributed by atoms with Gasteiger partial charge in [-0.05, 0) is 44.4 Å². The van der Waals surface area contributed by atoms with E-state index in [1.807, 2.05) is 0 Å². The summed E-state index contributed by atoms with van der Waals surface area (Å²) in [6.07, 6.45) is 7.88. The van der Waals surface area contributed by atoms with E-state index < -0.39 is 28.6 Å². The zero-order valence-electron chi connectivity index (χ0n) is 19.2. The molecule has 1 saturated carbocycles. The van der Waals surface area contributed by atoms with Crippen LogP contribution in [0.4, 0.5) is 0 Å². The first-order valence-electron chi connectivity index (χ1n) is 11.4. The van der Waals surface area contributed by atoms with Crippen molar-refractivity contribution >= 4 is 34.5 Å². The summed E-state index contributed by atoms with van der Waals surface area (Å²) in [6.45, 7) is 0.834. The Balaban J connectivity index is 0.00000104. The molecule has 34 heavy (non-hydrogen) atoms. The number of amides is 2. The molecule has 0 aromatic carbocycles. The summed E-state index contributed by atoms with van der Waals surface area (Å²) < 4.78 is 31.6. The molecule has 14 heteroatoms. The lowest BCUT2D eigenvalue weighted by atomic mass is 9.93. The van der Waals surface area contributed by atoms with Gasteiger partial charge in [-0.15, -0.1) is 0 Å². The van der Waals surface area contributed by atoms with Crippen LogP contribution in [0.5, 0.6) is 0 Å². The highest BCUT2D eigenvalue weighted by molar-refractivity contribution is 7.79. The minimum Gasteiger partial charge on any atom is -0.383 e. The monoisotopic (exact) mass is 507 g/mol. The third kappa shape index (κ3) is 11.7. The molecule has 8 N–H and O–H groups in total. The number of nitrogens with zero attached hydrogens (tertiary/aromatic N) is 2. The second kappa shape index (κ2) is 14.9. The highest BCUT2D eigenvalue weighted by Gasteiger charge is 2.39. The Morgan fingerprint density at radius 3 is 2.21 bits per heavy atom. The van der Waals surface area contributed by atoms with Gasteiger partial charge in [-0.2, -0.15) is 8.42 Å². The van der Waals surface area contributed by atoms with Crippen molar-refractivity contribution in [3.05, 3.63) is 0 Å². The van der Waals surface area contributed by atoms with Crippen molar-refractivity contribution in [2.45, 2.75) is 82.4 Å². The van der Waals surface area contributed by atoms with E-state index in [2.05, 4.69) is 10.3 Å². The van der Waals surface area contributed by atoms with E-state index in [0.717, 1.165) is 38.5 Å². The molecule has 0 spiro atoms. The van der Waals surface area contributed by atoms with Crippen molar-refractivity contribution < 1.29 is 37.0 Å². The van der Waals surface area contributed by atoms with Crippen LogP contribution in [-0.4, -0.2) is 82.9 Å². The molecule has 2 amide bonds. The molecule has 0 unspecified atom stereocenters. The average molecular weight is 508 g/mol. The zero-order valence-corrected chi connectivity index (χ0v) is 20.0. The number of likely N-dealkylation sites (tertiary alicyclic amines) is 1. The number of nitrogens with one attached hydrogen (secondary N) is 1. The van der Waals surface area contributed by atoms with Gasteiger partial charge in [0.1, 0.15) is 18.4 Å². The first-order valence-corrected chi connectivity index (χ1v) is 12.8. The van der Waals surface area contributed by atoms with E-state index in [1.54, 1.807) is 0 Å². The molecule has 2 fully saturated rings. The van der Waals surface area contributed by atoms with E-state index in [0.29, 0.717) is 45.1 Å². The standard InChI is InChI=1S/C20H35N5O4.H2O4S/c21-20(22)23-11-5-9-15(13-26)24-18(28)16-10-6-12-25(16)19(29)17(27)14-7-3-1-2-4-8-14;1-5(2,3)4/h13-17,27H,1-12H2,(H,24,28)(H4,21,22,23);(H2,1,2,3,4)/t15-,16-,17+;/m0./s1. The molecule has 0 aromatic rings. The van der Waals surface area contributed by atoms with Gasteiger partial charge in [0, 0.05) is 13.1 Å². The fourth-order valence-electron chi connectivity index (χ4n) is 4.27. The number of carbonyl (C=O) groups is 3. The molecule has 0 bridgehead atoms. The summed E-state index contributed by atoms with van der Waals surface area (Å²) >= 11 is 0. The molecule has 0 radical (unpaired) electrons. The van der Waals surface area contributed by atoms with Crippen LogP contribution in [0.1, 0.15) is 64.2 Å². The van der Waals surface area contributed by atoms with Gasteiger partial charge in [0.05, 0.1) is 6.04 Å². The van der Waals surface area contributed by atoms with Gasteiger partial charge >= 0.3 is 10.4 Å². The lowest BCUT2D eigenvalue weighted by Gasteiger charge is -2.30. The number of aldehydes is 1. The summed E-state index contributed by atoms with van der Waals surface area (Å²) in [7, 11) is -4.67. The molecule has 2 aliphatic rings. The molecule has 196 valence electrons. The Morgan fingerprint density at radius 1 is 1.09 bits per heavy atom. The number of aliphatic imine (C=N–C) groups is 1. The molecular formula is C20H37N5O8S. The van der Waals surface area contributed by atoms with Crippen molar-refractivity contribution in [1.82, 2.24) is 10.2 Å². The van der Waals surface area contributed by atoms with Gasteiger partial charge < -0.3 is 31.6 Å². The number of aliphatic hydroxyl groups excluding tert-OH is 1. The van der Waals surface area contributed by atoms with Gasteiger partial charge in [-0.1, -0.05) is 25.7 Å². The van der Waals surface area contributed by atoms with Gasteiger partial charge in [0.15, 0.2) is 5.96 Å². The first kappa shape index (κ1) is 29.7. The Kier molecular flexibility index (Phi) is 13.0. The van der Waals surface area contributed by atoms with E-state index >= 15 is 0 Å². The molecule has 2 rings (SSSR count). The highest BCUT2D eigenvalue weighted by atomic mass is 32.3. The molecule has 1 aliphatic carbocycles. The summed E-state index contributed by atoms with van der Waals surface area (Å²) in [5, 5.41) is 13.3. The molecule has 3 atom stereocenters. The van der Waals surface area contributed by atoms with Gasteiger partial charge in [-0.3, -0.25) is 23.7 Å². The largest absolute Gasteiger partial charge is 0.394 e. The lowest BCUT2D eigenvalue weighted by Crippen LogP contribution is -2.52. The number of guanidine groups is 1. The first-order chi connectivity index (χ1) is 15.9. The van der Waals surface area contributed by atoms with Crippen LogP contribution >= 0.6 is 0 Å². The van der Waals surface area contributed by atoms with E-state index in [4.69, 9.17) is 29.0 Å². The van der Waals surface area contributed by atoms with Crippen LogP contribution < -0.4 is 16.8 Å². The van der Waals surface area contributed by atoms with Gasteiger partial charge in [-0.25, -0.2) is 0 Å². The van der Waals surface area contributed by atoms with Crippen molar-refractivity contribution in [2.75, 3.05) is 13.1 Å². The molecule has 0 aromatic heterocycles. The maximum Gasteiger partial charge on any atom is 0.394 e. The number of hydrogen-bond donors (Lipinski definition) is 6. The van der Waals surface area contributed by atoms with Crippen LogP contribution in [-0.2, 0) is 24.8 Å². The molecule has 13 nitrogen and oxygen atoms in total. The maximum absolute atomic E-state index is 12.9. The quantitative estimate of drug-likeness (QED) is 0.0579. The lowest BCUT2D eigenvalue weighted by molar-refractivity contribution is -0.148. The third-order valence-corrected chi connectivity index (χ3v) is 5.90. The average Bonchev–Trinajstić information content (AvgIpc) is 3.08. The van der Waals surface area contributed by atoms with Crippen LogP contribution in [0, 0.1) is 5.92 Å². The number of nitrogens with two attached hydrogens (primary N) is 2. The fourth-order valence-corrected chi connectivity index (χ4v) is 4.27. The molecule has 1 aliphatic heterocycles. The minimum atomic E-state index is -4.67. The maximum atomic E-state index is 12.9. The van der Waals surface area contributed by atoms with E-state index in [9.17, 15) is 19.5 Å². The SMILES string of the molecule is NC(N)=NCCC[C@@H](C=O)NC(=O)[C@@H]1CCCN1C(=O)[C@H](O)C1CCCCCC1.O=S(=O)(O)O. The summed E-state index contributed by atoms with van der Waals surface area (Å²) in [5.41, 5.74) is 10.5. The van der Waals surface area contributed by atoms with Crippen LogP contribution in [0.15, 0.2) is 4.99 Å². The highest BCUT2D eigenvalue weighted by Crippen LogP contribution is 2.28. The Bertz CT molecular complexity index is 787. The van der Waals surface area contributed by atoms with Crippen molar-refractivity contribution in [2.24, 2.45) is 22.4 Å². The smallest absolute Gasteiger partial charge is 0.383 e. The van der Waals surface area contributed by atoms with E-state index in [-0.39, 0.29) is 23.7 Å². The Morgan fingerprint density at radius 2 is 1.68 bits per heavy atom. The topological polar surface area (TPSA) is 226 Å². The van der Waals surface area contributed by atoms with Crippen LogP contribution in [0.2, 0.25) is 0 Å². The Hall–Kier alpha value is -2.29. The van der Waals surface area contributed by atoms with Crippen LogP contribution in [0.3, 0.4) is 0 Å². The molecule has 1 heterocycles. The second-order valence-corrected chi connectivity index (χ2v) is 9.43. The predicted octanol–water partition coefficient (Wildman–Crippen LogP) is -0.607. The molecular weight excluding hydrogens is 470 g/mol. The van der Waals surface area contributed by atoms with Crippen molar-refractivity contribution in [3.8, 4) is 0 Å². The number of carbonyl (C=O) groups excluding carboxylic acids is 3. The Labute approximate surface area is 199 Å². The predicted molar refractivity (Wildman–Crippen MR) is 124 cm³/mol. The van der Waals surface area contributed by atoms with Crippen molar-refractivity contribution in [3.63, 3.8) is 0 Å². The zero-order chi connectivity index (χ0) is 25.7.